The summed E-state index contributed by atoms with van der Waals surface area (Å²) in [5, 5.41) is 9.10. The van der Waals surface area contributed by atoms with Crippen molar-refractivity contribution in [3.05, 3.63) is 29.8 Å². The Bertz CT molecular complexity index is 380. The SMILES string of the molecule is NCc1ccccc1OCCN(CCO)C1CCC1. The number of ether oxygens (including phenoxy) is 1. The highest BCUT2D eigenvalue weighted by molar-refractivity contribution is 5.32. The third kappa shape index (κ3) is 3.93. The van der Waals surface area contributed by atoms with E-state index in [1.807, 2.05) is 24.3 Å². The van der Waals surface area contributed by atoms with Crippen LogP contribution in [0.5, 0.6) is 5.75 Å². The lowest BCUT2D eigenvalue weighted by Gasteiger charge is -2.37. The van der Waals surface area contributed by atoms with Crippen LogP contribution >= 0.6 is 0 Å². The lowest BCUT2D eigenvalue weighted by Crippen LogP contribution is -2.43. The Morgan fingerprint density at radius 3 is 2.68 bits per heavy atom. The van der Waals surface area contributed by atoms with Gasteiger partial charge < -0.3 is 15.6 Å². The first-order chi connectivity index (χ1) is 9.35. The molecule has 1 saturated carbocycles. The minimum absolute atomic E-state index is 0.218. The Morgan fingerprint density at radius 1 is 1.26 bits per heavy atom. The Kier molecular flexibility index (Phi) is 5.63. The predicted octanol–water partition coefficient (Wildman–Crippen LogP) is 1.37. The Balaban J connectivity index is 1.80. The topological polar surface area (TPSA) is 58.7 Å². The van der Waals surface area contributed by atoms with E-state index in [0.717, 1.165) is 24.4 Å². The minimum Gasteiger partial charge on any atom is -0.492 e. The third-order valence-corrected chi connectivity index (χ3v) is 3.81. The second-order valence-electron chi connectivity index (χ2n) is 5.00. The van der Waals surface area contributed by atoms with Crippen molar-refractivity contribution in [3.8, 4) is 5.75 Å². The molecule has 0 spiro atoms. The molecule has 0 aromatic heterocycles. The number of hydrogen-bond donors (Lipinski definition) is 2. The van der Waals surface area contributed by atoms with Gasteiger partial charge in [0.15, 0.2) is 0 Å². The normalized spacial score (nSPS) is 15.5. The van der Waals surface area contributed by atoms with Crippen molar-refractivity contribution in [3.63, 3.8) is 0 Å². The molecule has 4 nitrogen and oxygen atoms in total. The Hall–Kier alpha value is -1.10. The summed E-state index contributed by atoms with van der Waals surface area (Å²) in [5.74, 6) is 0.877. The molecule has 2 rings (SSSR count). The molecule has 4 heteroatoms. The fraction of sp³-hybridized carbons (Fsp3) is 0.600. The molecule has 0 unspecified atom stereocenters. The van der Waals surface area contributed by atoms with E-state index in [9.17, 15) is 0 Å². The van der Waals surface area contributed by atoms with Crippen molar-refractivity contribution >= 4 is 0 Å². The number of nitrogens with two attached hydrogens (primary N) is 1. The molecule has 0 radical (unpaired) electrons. The van der Waals surface area contributed by atoms with Gasteiger partial charge in [0.25, 0.3) is 0 Å². The van der Waals surface area contributed by atoms with Crippen molar-refractivity contribution in [2.45, 2.75) is 31.8 Å². The summed E-state index contributed by atoms with van der Waals surface area (Å²) in [4.78, 5) is 2.33. The number of benzene rings is 1. The number of nitrogens with zero attached hydrogens (tertiary/aromatic N) is 1. The number of hydrogen-bond acceptors (Lipinski definition) is 4. The second-order valence-corrected chi connectivity index (χ2v) is 5.00. The highest BCUT2D eigenvalue weighted by atomic mass is 16.5. The molecule has 1 aromatic rings. The minimum atomic E-state index is 0.218. The zero-order valence-electron chi connectivity index (χ0n) is 11.4. The first kappa shape index (κ1) is 14.3. The molecule has 1 fully saturated rings. The first-order valence-corrected chi connectivity index (χ1v) is 7.11. The summed E-state index contributed by atoms with van der Waals surface area (Å²) in [6.45, 7) is 2.97. The van der Waals surface area contributed by atoms with Crippen molar-refractivity contribution < 1.29 is 9.84 Å². The summed E-state index contributed by atoms with van der Waals surface area (Å²) in [7, 11) is 0. The number of para-hydroxylation sites is 1. The lowest BCUT2D eigenvalue weighted by atomic mass is 9.91. The van der Waals surface area contributed by atoms with Gasteiger partial charge in [0.1, 0.15) is 12.4 Å². The molecule has 0 bridgehead atoms. The summed E-state index contributed by atoms with van der Waals surface area (Å²) < 4.78 is 5.82. The van der Waals surface area contributed by atoms with E-state index < -0.39 is 0 Å². The highest BCUT2D eigenvalue weighted by Crippen LogP contribution is 2.24. The van der Waals surface area contributed by atoms with Crippen LogP contribution in [0.25, 0.3) is 0 Å². The van der Waals surface area contributed by atoms with Gasteiger partial charge in [0.05, 0.1) is 6.61 Å². The smallest absolute Gasteiger partial charge is 0.123 e. The van der Waals surface area contributed by atoms with Crippen LogP contribution in [0.4, 0.5) is 0 Å². The molecule has 1 aromatic carbocycles. The van der Waals surface area contributed by atoms with Gasteiger partial charge in [0.2, 0.25) is 0 Å². The fourth-order valence-electron chi connectivity index (χ4n) is 2.44. The second kappa shape index (κ2) is 7.48. The molecule has 3 N–H and O–H groups in total. The van der Waals surface area contributed by atoms with Crippen LogP contribution in [0.1, 0.15) is 24.8 Å². The van der Waals surface area contributed by atoms with Crippen LogP contribution in [-0.2, 0) is 6.54 Å². The van der Waals surface area contributed by atoms with Gasteiger partial charge >= 0.3 is 0 Å². The molecule has 0 saturated heterocycles. The van der Waals surface area contributed by atoms with Gasteiger partial charge in [-0.15, -0.1) is 0 Å². The van der Waals surface area contributed by atoms with E-state index in [4.69, 9.17) is 15.6 Å². The van der Waals surface area contributed by atoms with Crippen LogP contribution < -0.4 is 10.5 Å². The number of aliphatic hydroxyl groups excluding tert-OH is 1. The van der Waals surface area contributed by atoms with Crippen LogP contribution in [0.15, 0.2) is 24.3 Å². The maximum Gasteiger partial charge on any atom is 0.123 e. The van der Waals surface area contributed by atoms with E-state index >= 15 is 0 Å². The third-order valence-electron chi connectivity index (χ3n) is 3.81. The summed E-state index contributed by atoms with van der Waals surface area (Å²) >= 11 is 0. The van der Waals surface area contributed by atoms with Gasteiger partial charge in [-0.3, -0.25) is 4.90 Å². The van der Waals surface area contributed by atoms with Crippen molar-refractivity contribution in [1.82, 2.24) is 4.90 Å². The summed E-state index contributed by atoms with van der Waals surface area (Å²) in [5.41, 5.74) is 6.73. The van der Waals surface area contributed by atoms with Crippen molar-refractivity contribution in [2.75, 3.05) is 26.3 Å². The molecular weight excluding hydrogens is 240 g/mol. The molecule has 1 aliphatic rings. The van der Waals surface area contributed by atoms with Crippen molar-refractivity contribution in [2.24, 2.45) is 5.73 Å². The molecule has 1 aliphatic carbocycles. The Labute approximate surface area is 115 Å². The number of aliphatic hydroxyl groups is 1. The average Bonchev–Trinajstić information content (AvgIpc) is 2.37. The first-order valence-electron chi connectivity index (χ1n) is 7.11. The maximum atomic E-state index is 9.10. The fourth-order valence-corrected chi connectivity index (χ4v) is 2.44. The standard InChI is InChI=1S/C15H24N2O2/c16-12-13-4-1-2-7-15(13)19-11-9-17(8-10-18)14-5-3-6-14/h1-2,4,7,14,18H,3,5-6,8-12,16H2. The quantitative estimate of drug-likeness (QED) is 0.744. The van der Waals surface area contributed by atoms with Crippen molar-refractivity contribution in [1.29, 1.82) is 0 Å². The average molecular weight is 264 g/mol. The van der Waals surface area contributed by atoms with Gasteiger partial charge in [-0.2, -0.15) is 0 Å². The van der Waals surface area contributed by atoms with Crippen LogP contribution in [-0.4, -0.2) is 42.4 Å². The summed E-state index contributed by atoms with van der Waals surface area (Å²) in [6, 6.07) is 8.53. The van der Waals surface area contributed by atoms with E-state index in [2.05, 4.69) is 4.90 Å². The molecule has 0 heterocycles. The van der Waals surface area contributed by atoms with E-state index in [1.165, 1.54) is 19.3 Å². The molecule has 0 aliphatic heterocycles. The lowest BCUT2D eigenvalue weighted by molar-refractivity contribution is 0.0858. The van der Waals surface area contributed by atoms with Crippen LogP contribution in [0.2, 0.25) is 0 Å². The molecule has 0 amide bonds. The van der Waals surface area contributed by atoms with E-state index in [-0.39, 0.29) is 6.61 Å². The molecule has 19 heavy (non-hydrogen) atoms. The van der Waals surface area contributed by atoms with Gasteiger partial charge in [-0.1, -0.05) is 24.6 Å². The zero-order valence-corrected chi connectivity index (χ0v) is 11.4. The van der Waals surface area contributed by atoms with Gasteiger partial charge in [-0.05, 0) is 18.9 Å². The molecule has 106 valence electrons. The monoisotopic (exact) mass is 264 g/mol. The van der Waals surface area contributed by atoms with Gasteiger partial charge in [0, 0.05) is 31.2 Å². The largest absolute Gasteiger partial charge is 0.492 e. The molecule has 0 atom stereocenters. The molecular formula is C15H24N2O2. The van der Waals surface area contributed by atoms with Gasteiger partial charge in [-0.25, -0.2) is 0 Å². The van der Waals surface area contributed by atoms with E-state index in [1.54, 1.807) is 0 Å². The zero-order chi connectivity index (χ0) is 13.5. The number of rotatable bonds is 8. The Morgan fingerprint density at radius 2 is 2.05 bits per heavy atom. The summed E-state index contributed by atoms with van der Waals surface area (Å²) in [6.07, 6.45) is 3.81. The maximum absolute atomic E-state index is 9.10. The van der Waals surface area contributed by atoms with Crippen LogP contribution in [0.3, 0.4) is 0 Å². The highest BCUT2D eigenvalue weighted by Gasteiger charge is 2.24. The predicted molar refractivity (Wildman–Crippen MR) is 76.1 cm³/mol. The van der Waals surface area contributed by atoms with Crippen LogP contribution in [0, 0.1) is 0 Å². The van der Waals surface area contributed by atoms with E-state index in [0.29, 0.717) is 19.2 Å².